The zero-order chi connectivity index (χ0) is 16.1. The van der Waals surface area contributed by atoms with Crippen molar-refractivity contribution in [3.8, 4) is 0 Å². The third-order valence-corrected chi connectivity index (χ3v) is 4.17. The van der Waals surface area contributed by atoms with Crippen molar-refractivity contribution in [2.24, 2.45) is 5.41 Å². The van der Waals surface area contributed by atoms with Crippen molar-refractivity contribution in [1.29, 1.82) is 0 Å². The van der Waals surface area contributed by atoms with Gasteiger partial charge in [-0.3, -0.25) is 0 Å². The summed E-state index contributed by atoms with van der Waals surface area (Å²) in [6.07, 6.45) is 4.59. The highest BCUT2D eigenvalue weighted by atomic mass is 16.6. The van der Waals surface area contributed by atoms with E-state index in [1.54, 1.807) is 0 Å². The molecule has 0 spiro atoms. The Morgan fingerprint density at radius 2 is 2.00 bits per heavy atom. The van der Waals surface area contributed by atoms with Crippen molar-refractivity contribution >= 4 is 6.09 Å². The summed E-state index contributed by atoms with van der Waals surface area (Å²) in [5.41, 5.74) is -0.0501. The molecule has 1 rings (SSSR count). The number of nitrogens with one attached hydrogen (secondary N) is 1. The summed E-state index contributed by atoms with van der Waals surface area (Å²) >= 11 is 0. The predicted molar refractivity (Wildman–Crippen MR) is 87.5 cm³/mol. The molecule has 1 saturated carbocycles. The summed E-state index contributed by atoms with van der Waals surface area (Å²) in [5.74, 6) is 0. The van der Waals surface area contributed by atoms with Crippen LogP contribution in [0.5, 0.6) is 0 Å². The lowest BCUT2D eigenvalue weighted by Gasteiger charge is -2.30. The highest BCUT2D eigenvalue weighted by Crippen LogP contribution is 2.36. The van der Waals surface area contributed by atoms with Crippen LogP contribution in [0.15, 0.2) is 0 Å². The fraction of sp³-hybridized carbons (Fsp3) is 0.941. The standard InChI is InChI=1S/C17H34N2O2/c1-7-12-19(15(20)21-16(2,3)4)13-11-18-14-9-8-10-17(14,5)6/h14,18H,7-13H2,1-6H3. The number of rotatable bonds is 6. The number of ether oxygens (including phenoxy) is 1. The van der Waals surface area contributed by atoms with Gasteiger partial charge in [0.05, 0.1) is 0 Å². The van der Waals surface area contributed by atoms with E-state index in [4.69, 9.17) is 4.74 Å². The monoisotopic (exact) mass is 298 g/mol. The summed E-state index contributed by atoms with van der Waals surface area (Å²) in [7, 11) is 0. The van der Waals surface area contributed by atoms with E-state index in [9.17, 15) is 4.79 Å². The predicted octanol–water partition coefficient (Wildman–Crippen LogP) is 3.80. The first-order valence-electron chi connectivity index (χ1n) is 8.37. The Hall–Kier alpha value is -0.770. The van der Waals surface area contributed by atoms with Gasteiger partial charge in [-0.2, -0.15) is 0 Å². The molecule has 1 amide bonds. The highest BCUT2D eigenvalue weighted by molar-refractivity contribution is 5.68. The van der Waals surface area contributed by atoms with Gasteiger partial charge >= 0.3 is 6.09 Å². The van der Waals surface area contributed by atoms with Crippen LogP contribution in [-0.2, 0) is 4.74 Å². The molecule has 0 aromatic carbocycles. The number of hydrogen-bond donors (Lipinski definition) is 1. The first kappa shape index (κ1) is 18.3. The van der Waals surface area contributed by atoms with Gasteiger partial charge in [0.2, 0.25) is 0 Å². The molecule has 0 bridgehead atoms. The lowest BCUT2D eigenvalue weighted by Crippen LogP contribution is -2.44. The van der Waals surface area contributed by atoms with Crippen molar-refractivity contribution < 1.29 is 9.53 Å². The largest absolute Gasteiger partial charge is 0.444 e. The second-order valence-corrected chi connectivity index (χ2v) is 7.85. The molecule has 1 aliphatic rings. The van der Waals surface area contributed by atoms with Crippen molar-refractivity contribution in [2.75, 3.05) is 19.6 Å². The molecule has 0 heterocycles. The Morgan fingerprint density at radius 3 is 2.48 bits per heavy atom. The zero-order valence-electron chi connectivity index (χ0n) is 14.8. The van der Waals surface area contributed by atoms with Crippen LogP contribution in [0.3, 0.4) is 0 Å². The number of nitrogens with zero attached hydrogens (tertiary/aromatic N) is 1. The topological polar surface area (TPSA) is 41.6 Å². The van der Waals surface area contributed by atoms with E-state index >= 15 is 0 Å². The van der Waals surface area contributed by atoms with Gasteiger partial charge in [-0.15, -0.1) is 0 Å². The molecule has 1 fully saturated rings. The lowest BCUT2D eigenvalue weighted by molar-refractivity contribution is 0.0249. The fourth-order valence-corrected chi connectivity index (χ4v) is 2.97. The average molecular weight is 298 g/mol. The molecular weight excluding hydrogens is 264 g/mol. The molecule has 4 heteroatoms. The quantitative estimate of drug-likeness (QED) is 0.811. The summed E-state index contributed by atoms with van der Waals surface area (Å²) in [4.78, 5) is 14.0. The Labute approximate surface area is 130 Å². The third kappa shape index (κ3) is 6.25. The maximum Gasteiger partial charge on any atom is 0.410 e. The summed E-state index contributed by atoms with van der Waals surface area (Å²) in [5, 5.41) is 3.63. The van der Waals surface area contributed by atoms with E-state index in [1.807, 2.05) is 25.7 Å². The first-order valence-corrected chi connectivity index (χ1v) is 8.37. The number of carbonyl (C=O) groups is 1. The van der Waals surface area contributed by atoms with Gasteiger partial charge in [-0.05, 0) is 45.4 Å². The van der Waals surface area contributed by atoms with Gasteiger partial charge in [0.25, 0.3) is 0 Å². The van der Waals surface area contributed by atoms with E-state index in [0.717, 1.165) is 26.1 Å². The minimum atomic E-state index is -0.427. The fourth-order valence-electron chi connectivity index (χ4n) is 2.97. The molecule has 0 saturated heterocycles. The molecular formula is C17H34N2O2. The van der Waals surface area contributed by atoms with Gasteiger partial charge in [0.15, 0.2) is 0 Å². The second-order valence-electron chi connectivity index (χ2n) is 7.85. The van der Waals surface area contributed by atoms with E-state index in [2.05, 4.69) is 26.1 Å². The van der Waals surface area contributed by atoms with Crippen LogP contribution in [-0.4, -0.2) is 42.3 Å². The molecule has 0 aromatic rings. The van der Waals surface area contributed by atoms with Crippen LogP contribution >= 0.6 is 0 Å². The maximum absolute atomic E-state index is 12.2. The van der Waals surface area contributed by atoms with Crippen LogP contribution in [0, 0.1) is 5.41 Å². The first-order chi connectivity index (χ1) is 9.65. The summed E-state index contributed by atoms with van der Waals surface area (Å²) < 4.78 is 5.48. The average Bonchev–Trinajstić information content (AvgIpc) is 2.65. The Balaban J connectivity index is 2.42. The lowest BCUT2D eigenvalue weighted by atomic mass is 9.87. The third-order valence-electron chi connectivity index (χ3n) is 4.17. The van der Waals surface area contributed by atoms with Gasteiger partial charge < -0.3 is 15.0 Å². The molecule has 124 valence electrons. The Kier molecular flexibility index (Phi) is 6.51. The van der Waals surface area contributed by atoms with Gasteiger partial charge in [-0.1, -0.05) is 27.2 Å². The molecule has 1 unspecified atom stereocenters. The molecule has 0 aliphatic heterocycles. The van der Waals surface area contributed by atoms with Gasteiger partial charge in [0.1, 0.15) is 5.60 Å². The van der Waals surface area contributed by atoms with E-state index < -0.39 is 5.60 Å². The SMILES string of the molecule is CCCN(CCNC1CCCC1(C)C)C(=O)OC(C)(C)C. The van der Waals surface area contributed by atoms with Gasteiger partial charge in [-0.25, -0.2) is 4.79 Å². The number of carbonyl (C=O) groups excluding carboxylic acids is 1. The minimum absolute atomic E-state index is 0.197. The van der Waals surface area contributed by atoms with E-state index in [-0.39, 0.29) is 6.09 Å². The maximum atomic E-state index is 12.2. The van der Waals surface area contributed by atoms with Crippen LogP contribution in [0.25, 0.3) is 0 Å². The van der Waals surface area contributed by atoms with E-state index in [0.29, 0.717) is 11.5 Å². The second kappa shape index (κ2) is 7.48. The minimum Gasteiger partial charge on any atom is -0.444 e. The van der Waals surface area contributed by atoms with Crippen molar-refractivity contribution in [3.05, 3.63) is 0 Å². The van der Waals surface area contributed by atoms with Gasteiger partial charge in [0, 0.05) is 25.7 Å². The van der Waals surface area contributed by atoms with Crippen molar-refractivity contribution in [1.82, 2.24) is 10.2 Å². The van der Waals surface area contributed by atoms with Crippen molar-refractivity contribution in [3.63, 3.8) is 0 Å². The normalized spacial score (nSPS) is 21.3. The van der Waals surface area contributed by atoms with Crippen LogP contribution in [0.1, 0.15) is 67.2 Å². The van der Waals surface area contributed by atoms with Crippen LogP contribution < -0.4 is 5.32 Å². The highest BCUT2D eigenvalue weighted by Gasteiger charge is 2.33. The van der Waals surface area contributed by atoms with Crippen molar-refractivity contribution in [2.45, 2.75) is 78.9 Å². The molecule has 0 aromatic heterocycles. The molecule has 1 N–H and O–H groups in total. The molecule has 1 aliphatic carbocycles. The zero-order valence-corrected chi connectivity index (χ0v) is 14.8. The molecule has 4 nitrogen and oxygen atoms in total. The summed E-state index contributed by atoms with van der Waals surface area (Å²) in [6.45, 7) is 14.8. The smallest absolute Gasteiger partial charge is 0.410 e. The van der Waals surface area contributed by atoms with Crippen LogP contribution in [0.4, 0.5) is 4.79 Å². The molecule has 0 radical (unpaired) electrons. The Bertz CT molecular complexity index is 334. The Morgan fingerprint density at radius 1 is 1.33 bits per heavy atom. The van der Waals surface area contributed by atoms with E-state index in [1.165, 1.54) is 19.3 Å². The number of amides is 1. The summed E-state index contributed by atoms with van der Waals surface area (Å²) in [6, 6.07) is 0.569. The number of hydrogen-bond acceptors (Lipinski definition) is 3. The van der Waals surface area contributed by atoms with Crippen LogP contribution in [0.2, 0.25) is 0 Å². The molecule has 21 heavy (non-hydrogen) atoms. The molecule has 1 atom stereocenters.